The Labute approximate surface area is 119 Å². The van der Waals surface area contributed by atoms with E-state index in [1.807, 2.05) is 32.0 Å². The van der Waals surface area contributed by atoms with Crippen LogP contribution in [0.2, 0.25) is 0 Å². The van der Waals surface area contributed by atoms with Gasteiger partial charge in [-0.3, -0.25) is 9.59 Å². The molecule has 1 rings (SSSR count). The van der Waals surface area contributed by atoms with Crippen LogP contribution in [0.15, 0.2) is 30.3 Å². The summed E-state index contributed by atoms with van der Waals surface area (Å²) in [7, 11) is 1.45. The number of benzene rings is 1. The molecule has 0 bridgehead atoms. The van der Waals surface area contributed by atoms with Gasteiger partial charge >= 0.3 is 5.97 Å². The first-order valence-corrected chi connectivity index (χ1v) is 6.54. The summed E-state index contributed by atoms with van der Waals surface area (Å²) < 4.78 is 5.26. The molecule has 1 aromatic carbocycles. The van der Waals surface area contributed by atoms with Gasteiger partial charge in [-0.25, -0.2) is 0 Å². The summed E-state index contributed by atoms with van der Waals surface area (Å²) in [5, 5.41) is 8.94. The van der Waals surface area contributed by atoms with Crippen molar-refractivity contribution in [2.75, 3.05) is 20.2 Å². The highest BCUT2D eigenvalue weighted by molar-refractivity contribution is 5.85. The molecule has 0 spiro atoms. The second-order valence-electron chi connectivity index (χ2n) is 5.03. The molecular weight excluding hydrogens is 258 g/mol. The van der Waals surface area contributed by atoms with Crippen LogP contribution in [-0.4, -0.2) is 42.1 Å². The Balaban J connectivity index is 2.93. The fourth-order valence-electron chi connectivity index (χ4n) is 2.01. The smallest absolute Gasteiger partial charge is 0.323 e. The van der Waals surface area contributed by atoms with Crippen molar-refractivity contribution in [3.8, 4) is 0 Å². The number of hydrogen-bond donors (Lipinski definition) is 1. The van der Waals surface area contributed by atoms with Gasteiger partial charge in [0.25, 0.3) is 5.91 Å². The summed E-state index contributed by atoms with van der Waals surface area (Å²) in [6.07, 6.45) is -0.769. The van der Waals surface area contributed by atoms with Gasteiger partial charge in [0.2, 0.25) is 0 Å². The highest BCUT2D eigenvalue weighted by Crippen LogP contribution is 2.19. The largest absolute Gasteiger partial charge is 0.480 e. The molecule has 1 N–H and O–H groups in total. The topological polar surface area (TPSA) is 66.8 Å². The van der Waals surface area contributed by atoms with Crippen molar-refractivity contribution in [1.29, 1.82) is 0 Å². The lowest BCUT2D eigenvalue weighted by atomic mass is 10.1. The van der Waals surface area contributed by atoms with Crippen molar-refractivity contribution in [3.63, 3.8) is 0 Å². The molecule has 5 heteroatoms. The number of ether oxygens (including phenoxy) is 1. The summed E-state index contributed by atoms with van der Waals surface area (Å²) in [6, 6.07) is 9.07. The third kappa shape index (κ3) is 4.66. The van der Waals surface area contributed by atoms with Gasteiger partial charge in [0.15, 0.2) is 6.10 Å². The lowest BCUT2D eigenvalue weighted by molar-refractivity contribution is -0.150. The number of carbonyl (C=O) groups is 2. The summed E-state index contributed by atoms with van der Waals surface area (Å²) in [4.78, 5) is 24.7. The Morgan fingerprint density at radius 2 is 1.85 bits per heavy atom. The Morgan fingerprint density at radius 1 is 1.25 bits per heavy atom. The van der Waals surface area contributed by atoms with Crippen LogP contribution >= 0.6 is 0 Å². The highest BCUT2D eigenvalue weighted by Gasteiger charge is 2.27. The third-order valence-electron chi connectivity index (χ3n) is 2.79. The van der Waals surface area contributed by atoms with Crippen molar-refractivity contribution in [2.45, 2.75) is 20.0 Å². The van der Waals surface area contributed by atoms with Crippen molar-refractivity contribution >= 4 is 11.9 Å². The number of carbonyl (C=O) groups excluding carboxylic acids is 1. The van der Waals surface area contributed by atoms with E-state index in [1.54, 1.807) is 12.1 Å². The van der Waals surface area contributed by atoms with Gasteiger partial charge in [0.1, 0.15) is 6.54 Å². The number of methoxy groups -OCH3 is 1. The standard InChI is InChI=1S/C15H21NO4/c1-11(2)9-16(10-13(17)18)15(19)14(20-3)12-7-5-4-6-8-12/h4-8,11,14H,9-10H2,1-3H3,(H,17,18). The fraction of sp³-hybridized carbons (Fsp3) is 0.467. The van der Waals surface area contributed by atoms with Crippen LogP contribution in [0.25, 0.3) is 0 Å². The van der Waals surface area contributed by atoms with E-state index < -0.39 is 12.1 Å². The molecule has 0 aliphatic heterocycles. The van der Waals surface area contributed by atoms with Gasteiger partial charge < -0.3 is 14.7 Å². The van der Waals surface area contributed by atoms with Crippen LogP contribution < -0.4 is 0 Å². The molecule has 0 aliphatic rings. The van der Waals surface area contributed by atoms with Crippen molar-refractivity contribution in [3.05, 3.63) is 35.9 Å². The third-order valence-corrected chi connectivity index (χ3v) is 2.79. The Hall–Kier alpha value is -1.88. The lowest BCUT2D eigenvalue weighted by Gasteiger charge is -2.27. The minimum absolute atomic E-state index is 0.187. The quantitative estimate of drug-likeness (QED) is 0.828. The Bertz CT molecular complexity index is 444. The zero-order valence-corrected chi connectivity index (χ0v) is 12.1. The average Bonchev–Trinajstić information content (AvgIpc) is 2.39. The molecule has 1 unspecified atom stereocenters. The molecule has 20 heavy (non-hydrogen) atoms. The predicted octanol–water partition coefficient (Wildman–Crippen LogP) is 1.94. The van der Waals surface area contributed by atoms with E-state index in [4.69, 9.17) is 9.84 Å². The van der Waals surface area contributed by atoms with E-state index in [0.29, 0.717) is 6.54 Å². The molecule has 1 amide bonds. The molecule has 1 aromatic rings. The van der Waals surface area contributed by atoms with Crippen LogP contribution in [0.1, 0.15) is 25.5 Å². The molecule has 0 radical (unpaired) electrons. The van der Waals surface area contributed by atoms with Crippen molar-refractivity contribution in [1.82, 2.24) is 4.90 Å². The maximum atomic E-state index is 12.5. The van der Waals surface area contributed by atoms with Crippen LogP contribution in [0.5, 0.6) is 0 Å². The first kappa shape index (κ1) is 16.2. The van der Waals surface area contributed by atoms with Gasteiger partial charge in [-0.1, -0.05) is 44.2 Å². The van der Waals surface area contributed by atoms with E-state index >= 15 is 0 Å². The predicted molar refractivity (Wildman–Crippen MR) is 75.2 cm³/mol. The first-order chi connectivity index (χ1) is 9.45. The van der Waals surface area contributed by atoms with E-state index in [1.165, 1.54) is 12.0 Å². The number of amides is 1. The molecule has 1 atom stereocenters. The van der Waals surface area contributed by atoms with E-state index in [9.17, 15) is 9.59 Å². The molecule has 5 nitrogen and oxygen atoms in total. The van der Waals surface area contributed by atoms with Crippen LogP contribution in [-0.2, 0) is 14.3 Å². The SMILES string of the molecule is COC(C(=O)N(CC(=O)O)CC(C)C)c1ccccc1. The van der Waals surface area contributed by atoms with Crippen LogP contribution in [0.3, 0.4) is 0 Å². The highest BCUT2D eigenvalue weighted by atomic mass is 16.5. The van der Waals surface area contributed by atoms with Crippen molar-refractivity contribution in [2.24, 2.45) is 5.92 Å². The summed E-state index contributed by atoms with van der Waals surface area (Å²) >= 11 is 0. The summed E-state index contributed by atoms with van der Waals surface area (Å²) in [5.41, 5.74) is 0.721. The van der Waals surface area contributed by atoms with Gasteiger partial charge in [0.05, 0.1) is 0 Å². The normalized spacial score (nSPS) is 12.2. The number of carboxylic acids is 1. The second kappa shape index (κ2) is 7.65. The van der Waals surface area contributed by atoms with Gasteiger partial charge in [-0.15, -0.1) is 0 Å². The monoisotopic (exact) mass is 279 g/mol. The molecule has 0 aliphatic carbocycles. The molecular formula is C15H21NO4. The number of rotatable bonds is 7. The number of carboxylic acid groups (broad SMARTS) is 1. The summed E-state index contributed by atoms with van der Waals surface area (Å²) in [5.74, 6) is -1.16. The summed E-state index contributed by atoms with van der Waals surface area (Å²) in [6.45, 7) is 3.94. The fourth-order valence-corrected chi connectivity index (χ4v) is 2.01. The molecule has 0 heterocycles. The Morgan fingerprint density at radius 3 is 2.30 bits per heavy atom. The van der Waals surface area contributed by atoms with E-state index in [0.717, 1.165) is 5.56 Å². The number of nitrogens with zero attached hydrogens (tertiary/aromatic N) is 1. The maximum Gasteiger partial charge on any atom is 0.323 e. The zero-order chi connectivity index (χ0) is 15.1. The minimum atomic E-state index is -1.03. The number of hydrogen-bond acceptors (Lipinski definition) is 3. The minimum Gasteiger partial charge on any atom is -0.480 e. The van der Waals surface area contributed by atoms with Gasteiger partial charge in [-0.05, 0) is 11.5 Å². The maximum absolute atomic E-state index is 12.5. The first-order valence-electron chi connectivity index (χ1n) is 6.54. The molecule has 0 aromatic heterocycles. The van der Waals surface area contributed by atoms with E-state index in [-0.39, 0.29) is 18.4 Å². The molecule has 0 saturated carbocycles. The lowest BCUT2D eigenvalue weighted by Crippen LogP contribution is -2.41. The second-order valence-corrected chi connectivity index (χ2v) is 5.03. The molecule has 0 fully saturated rings. The average molecular weight is 279 g/mol. The van der Waals surface area contributed by atoms with Gasteiger partial charge in [0, 0.05) is 13.7 Å². The molecule has 0 saturated heterocycles. The van der Waals surface area contributed by atoms with E-state index in [2.05, 4.69) is 0 Å². The van der Waals surface area contributed by atoms with Gasteiger partial charge in [-0.2, -0.15) is 0 Å². The zero-order valence-electron chi connectivity index (χ0n) is 12.1. The van der Waals surface area contributed by atoms with Crippen LogP contribution in [0, 0.1) is 5.92 Å². The molecule has 110 valence electrons. The Kier molecular flexibility index (Phi) is 6.18. The van der Waals surface area contributed by atoms with Crippen LogP contribution in [0.4, 0.5) is 0 Å². The number of aliphatic carboxylic acids is 1. The van der Waals surface area contributed by atoms with Crippen molar-refractivity contribution < 1.29 is 19.4 Å².